The number of nitrogens with one attached hydrogen (secondary N) is 2. The second-order valence-corrected chi connectivity index (χ2v) is 12.3. The van der Waals surface area contributed by atoms with Gasteiger partial charge >= 0.3 is 5.97 Å². The Bertz CT molecular complexity index is 1040. The molecule has 36 heavy (non-hydrogen) atoms. The molecule has 2 atom stereocenters. The van der Waals surface area contributed by atoms with Gasteiger partial charge in [0.15, 0.2) is 0 Å². The van der Waals surface area contributed by atoms with E-state index in [2.05, 4.69) is 22.8 Å². The van der Waals surface area contributed by atoms with Crippen molar-refractivity contribution in [3.05, 3.63) is 23.4 Å². The maximum Gasteiger partial charge on any atom is 0.326 e. The molecule has 10 nitrogen and oxygen atoms in total. The number of carboxylic acid groups (broad SMARTS) is 1. The SMILES string of the molecule is CS(=O)(=O)N1CCC[C@@H](C(=O)N[C@@H](CCOC2CC(CCc3ccc4c(n3)NCCC4)C2)C(=O)O)C1. The lowest BCUT2D eigenvalue weighted by atomic mass is 9.79. The van der Waals surface area contributed by atoms with Gasteiger partial charge in [-0.15, -0.1) is 0 Å². The van der Waals surface area contributed by atoms with E-state index in [0.717, 1.165) is 62.8 Å². The molecule has 0 aromatic carbocycles. The standard InChI is InChI=1S/C25H38N4O6S/c1-36(33,34)29-12-3-5-19(16-29)24(30)28-22(25(31)32)10-13-35-21-14-17(15-21)6-8-20-9-7-18-4-2-11-26-23(18)27-20/h7,9,17,19,21-22H,2-6,8,10-16H2,1H3,(H,26,27)(H,28,30)(H,31,32)/t17?,19-,21?,22+/m1/s1. The number of rotatable bonds is 11. The minimum absolute atomic E-state index is 0.0917. The van der Waals surface area contributed by atoms with Crippen molar-refractivity contribution in [3.63, 3.8) is 0 Å². The number of ether oxygens (including phenoxy) is 1. The summed E-state index contributed by atoms with van der Waals surface area (Å²) in [7, 11) is -3.38. The molecule has 1 aromatic heterocycles. The average molecular weight is 523 g/mol. The predicted octanol–water partition coefficient (Wildman–Crippen LogP) is 1.80. The molecule has 1 aromatic rings. The van der Waals surface area contributed by atoms with E-state index in [9.17, 15) is 23.1 Å². The zero-order chi connectivity index (χ0) is 25.7. The smallest absolute Gasteiger partial charge is 0.326 e. The van der Waals surface area contributed by atoms with Crippen molar-refractivity contribution in [2.45, 2.75) is 69.9 Å². The molecule has 0 radical (unpaired) electrons. The highest BCUT2D eigenvalue weighted by Crippen LogP contribution is 2.34. The first kappa shape index (κ1) is 26.8. The highest BCUT2D eigenvalue weighted by atomic mass is 32.2. The Hall–Kier alpha value is -2.24. The number of anilines is 1. The Kier molecular flexibility index (Phi) is 8.84. The lowest BCUT2D eigenvalue weighted by molar-refractivity contribution is -0.143. The van der Waals surface area contributed by atoms with Crippen LogP contribution in [0, 0.1) is 11.8 Å². The van der Waals surface area contributed by atoms with Crippen molar-refractivity contribution in [2.75, 3.05) is 37.8 Å². The van der Waals surface area contributed by atoms with Gasteiger partial charge in [-0.05, 0) is 68.9 Å². The van der Waals surface area contributed by atoms with Crippen LogP contribution in [0.3, 0.4) is 0 Å². The molecule has 1 saturated carbocycles. The van der Waals surface area contributed by atoms with Gasteiger partial charge in [-0.2, -0.15) is 0 Å². The molecular formula is C25H38N4O6S. The van der Waals surface area contributed by atoms with Crippen LogP contribution in [-0.2, 0) is 37.2 Å². The number of fused-ring (bicyclic) bond motifs is 1. The largest absolute Gasteiger partial charge is 0.480 e. The molecule has 3 aliphatic rings. The Morgan fingerprint density at radius 3 is 2.86 bits per heavy atom. The van der Waals surface area contributed by atoms with Crippen LogP contribution in [0.25, 0.3) is 0 Å². The molecule has 3 N–H and O–H groups in total. The van der Waals surface area contributed by atoms with Gasteiger partial charge in [-0.3, -0.25) is 4.79 Å². The van der Waals surface area contributed by atoms with Gasteiger partial charge in [0, 0.05) is 38.4 Å². The van der Waals surface area contributed by atoms with E-state index >= 15 is 0 Å². The van der Waals surface area contributed by atoms with Gasteiger partial charge < -0.3 is 20.5 Å². The normalized spacial score (nSPS) is 25.2. The number of pyridine rings is 1. The summed E-state index contributed by atoms with van der Waals surface area (Å²) in [5, 5.41) is 15.5. The number of hydrogen-bond acceptors (Lipinski definition) is 7. The number of carbonyl (C=O) groups excluding carboxylic acids is 1. The Morgan fingerprint density at radius 2 is 2.11 bits per heavy atom. The van der Waals surface area contributed by atoms with Crippen molar-refractivity contribution in [1.82, 2.24) is 14.6 Å². The van der Waals surface area contributed by atoms with E-state index in [4.69, 9.17) is 9.72 Å². The van der Waals surface area contributed by atoms with E-state index in [1.807, 2.05) is 0 Å². The fraction of sp³-hybridized carbons (Fsp3) is 0.720. The number of aliphatic carboxylic acids is 1. The summed E-state index contributed by atoms with van der Waals surface area (Å²) in [6.07, 6.45) is 8.70. The molecule has 1 aliphatic carbocycles. The van der Waals surface area contributed by atoms with E-state index in [1.54, 1.807) is 0 Å². The maximum atomic E-state index is 12.6. The van der Waals surface area contributed by atoms with Crippen molar-refractivity contribution in [2.24, 2.45) is 11.8 Å². The molecule has 0 spiro atoms. The Morgan fingerprint density at radius 1 is 1.31 bits per heavy atom. The number of aryl methyl sites for hydroxylation is 2. The average Bonchev–Trinajstić information content (AvgIpc) is 2.83. The molecule has 3 heterocycles. The van der Waals surface area contributed by atoms with Crippen LogP contribution < -0.4 is 10.6 Å². The first-order chi connectivity index (χ1) is 17.2. The van der Waals surface area contributed by atoms with Gasteiger partial charge in [0.1, 0.15) is 11.9 Å². The first-order valence-electron chi connectivity index (χ1n) is 13.0. The highest BCUT2D eigenvalue weighted by Gasteiger charge is 2.33. The number of aromatic nitrogens is 1. The minimum Gasteiger partial charge on any atom is -0.480 e. The van der Waals surface area contributed by atoms with Crippen molar-refractivity contribution >= 4 is 27.7 Å². The topological polar surface area (TPSA) is 138 Å². The van der Waals surface area contributed by atoms with E-state index in [-0.39, 0.29) is 25.7 Å². The second kappa shape index (κ2) is 11.9. The van der Waals surface area contributed by atoms with Gasteiger partial charge in [-0.1, -0.05) is 6.07 Å². The monoisotopic (exact) mass is 522 g/mol. The van der Waals surface area contributed by atoms with Crippen LogP contribution in [0.1, 0.15) is 56.2 Å². The second-order valence-electron chi connectivity index (χ2n) is 10.4. The van der Waals surface area contributed by atoms with Crippen LogP contribution in [0.5, 0.6) is 0 Å². The first-order valence-corrected chi connectivity index (χ1v) is 14.9. The van der Waals surface area contributed by atoms with E-state index in [1.165, 1.54) is 9.87 Å². The summed E-state index contributed by atoms with van der Waals surface area (Å²) in [5.41, 5.74) is 2.41. The number of amides is 1. The van der Waals surface area contributed by atoms with Crippen molar-refractivity contribution < 1.29 is 27.9 Å². The van der Waals surface area contributed by atoms with Crippen LogP contribution >= 0.6 is 0 Å². The molecule has 2 aliphatic heterocycles. The third-order valence-electron chi connectivity index (χ3n) is 7.55. The van der Waals surface area contributed by atoms with Crippen LogP contribution in [-0.4, -0.2) is 79.3 Å². The zero-order valence-electron chi connectivity index (χ0n) is 20.9. The molecule has 1 amide bonds. The van der Waals surface area contributed by atoms with Crippen LogP contribution in [0.4, 0.5) is 5.82 Å². The van der Waals surface area contributed by atoms with Crippen LogP contribution in [0.2, 0.25) is 0 Å². The summed E-state index contributed by atoms with van der Waals surface area (Å²) in [5.74, 6) is -0.444. The number of carbonyl (C=O) groups is 2. The van der Waals surface area contributed by atoms with Gasteiger partial charge in [-0.25, -0.2) is 22.5 Å². The lowest BCUT2D eigenvalue weighted by Gasteiger charge is -2.35. The van der Waals surface area contributed by atoms with E-state index < -0.39 is 33.9 Å². The number of nitrogens with zero attached hydrogens (tertiary/aromatic N) is 2. The fourth-order valence-electron chi connectivity index (χ4n) is 5.26. The molecule has 2 fully saturated rings. The van der Waals surface area contributed by atoms with Gasteiger partial charge in [0.2, 0.25) is 15.9 Å². The van der Waals surface area contributed by atoms with Crippen molar-refractivity contribution in [3.8, 4) is 0 Å². The third-order valence-corrected chi connectivity index (χ3v) is 8.82. The van der Waals surface area contributed by atoms with Crippen LogP contribution in [0.15, 0.2) is 12.1 Å². The number of sulfonamides is 1. The number of hydrogen-bond donors (Lipinski definition) is 3. The Balaban J connectivity index is 1.14. The molecule has 0 unspecified atom stereocenters. The summed E-state index contributed by atoms with van der Waals surface area (Å²) >= 11 is 0. The molecule has 11 heteroatoms. The zero-order valence-corrected chi connectivity index (χ0v) is 21.8. The minimum atomic E-state index is -3.38. The molecule has 0 bridgehead atoms. The number of piperidine rings is 1. The lowest BCUT2D eigenvalue weighted by Crippen LogP contribution is -2.49. The Labute approximate surface area is 213 Å². The molecule has 4 rings (SSSR count). The molecular weight excluding hydrogens is 484 g/mol. The van der Waals surface area contributed by atoms with Gasteiger partial charge in [0.25, 0.3) is 0 Å². The quantitative estimate of drug-likeness (QED) is 0.400. The molecule has 200 valence electrons. The number of carboxylic acids is 1. The predicted molar refractivity (Wildman–Crippen MR) is 135 cm³/mol. The fourth-order valence-corrected chi connectivity index (χ4v) is 6.18. The molecule has 1 saturated heterocycles. The summed E-state index contributed by atoms with van der Waals surface area (Å²) < 4.78 is 30.7. The highest BCUT2D eigenvalue weighted by molar-refractivity contribution is 7.88. The summed E-state index contributed by atoms with van der Waals surface area (Å²) in [4.78, 5) is 29.0. The van der Waals surface area contributed by atoms with E-state index in [0.29, 0.717) is 25.3 Å². The summed E-state index contributed by atoms with van der Waals surface area (Å²) in [6, 6.07) is 3.26. The van der Waals surface area contributed by atoms with Crippen molar-refractivity contribution in [1.29, 1.82) is 0 Å². The summed E-state index contributed by atoms with van der Waals surface area (Å²) in [6.45, 7) is 1.73. The maximum absolute atomic E-state index is 12.6. The third kappa shape index (κ3) is 7.17. The van der Waals surface area contributed by atoms with Gasteiger partial charge in [0.05, 0.1) is 18.3 Å².